The van der Waals surface area contributed by atoms with Crippen LogP contribution >= 0.6 is 0 Å². The molecule has 1 aliphatic rings. The zero-order chi connectivity index (χ0) is 5.98. The van der Waals surface area contributed by atoms with Crippen molar-refractivity contribution in [3.05, 3.63) is 0 Å². The number of hydrogen-bond donors (Lipinski definition) is 2. The fourth-order valence-electron chi connectivity index (χ4n) is 0.800. The molecule has 1 fully saturated rings. The third-order valence-electron chi connectivity index (χ3n) is 1.25. The summed E-state index contributed by atoms with van der Waals surface area (Å²) in [4.78, 5) is 10.2. The Kier molecular flexibility index (Phi) is 1.48. The van der Waals surface area contributed by atoms with Gasteiger partial charge in [0.2, 0.25) is 5.91 Å². The first-order valence-corrected chi connectivity index (χ1v) is 2.77. The standard InChI is InChI=1S/C5H10N2O/c1-6-3-4-2-5(8)7-4/h4,6H,2-3H2,1H3,(H,7,8). The molecule has 1 aliphatic heterocycles. The predicted octanol–water partition coefficient (Wildman–Crippen LogP) is -0.906. The van der Waals surface area contributed by atoms with Gasteiger partial charge in [-0.1, -0.05) is 0 Å². The first-order chi connectivity index (χ1) is 3.83. The Balaban J connectivity index is 2.06. The van der Waals surface area contributed by atoms with Crippen LogP contribution in [0, 0.1) is 0 Å². The van der Waals surface area contributed by atoms with Crippen molar-refractivity contribution in [3.63, 3.8) is 0 Å². The molecule has 0 spiro atoms. The van der Waals surface area contributed by atoms with Gasteiger partial charge >= 0.3 is 0 Å². The SMILES string of the molecule is CNCC1CC(=O)N1. The first kappa shape index (κ1) is 5.56. The highest BCUT2D eigenvalue weighted by atomic mass is 16.2. The summed E-state index contributed by atoms with van der Waals surface area (Å²) < 4.78 is 0. The second-order valence-electron chi connectivity index (χ2n) is 2.03. The molecule has 1 amide bonds. The second kappa shape index (κ2) is 2.13. The summed E-state index contributed by atoms with van der Waals surface area (Å²) in [5.74, 6) is 0.172. The Morgan fingerprint density at radius 1 is 2.00 bits per heavy atom. The first-order valence-electron chi connectivity index (χ1n) is 2.77. The van der Waals surface area contributed by atoms with Crippen molar-refractivity contribution in [3.8, 4) is 0 Å². The molecule has 2 N–H and O–H groups in total. The third kappa shape index (κ3) is 0.980. The van der Waals surface area contributed by atoms with Gasteiger partial charge in [-0.3, -0.25) is 4.79 Å². The fraction of sp³-hybridized carbons (Fsp3) is 0.800. The number of carbonyl (C=O) groups excluding carboxylic acids is 1. The molecular weight excluding hydrogens is 104 g/mol. The number of hydrogen-bond acceptors (Lipinski definition) is 2. The minimum atomic E-state index is 0.172. The molecule has 0 radical (unpaired) electrons. The van der Waals surface area contributed by atoms with Crippen molar-refractivity contribution in [2.75, 3.05) is 13.6 Å². The smallest absolute Gasteiger partial charge is 0.222 e. The number of carbonyl (C=O) groups is 1. The third-order valence-corrected chi connectivity index (χ3v) is 1.25. The van der Waals surface area contributed by atoms with Crippen molar-refractivity contribution in [1.29, 1.82) is 0 Å². The van der Waals surface area contributed by atoms with E-state index in [2.05, 4.69) is 10.6 Å². The van der Waals surface area contributed by atoms with Gasteiger partial charge in [0.1, 0.15) is 0 Å². The number of nitrogens with one attached hydrogen (secondary N) is 2. The Morgan fingerprint density at radius 2 is 2.62 bits per heavy atom. The normalized spacial score (nSPS) is 26.6. The van der Waals surface area contributed by atoms with Crippen LogP contribution in [0.2, 0.25) is 0 Å². The molecule has 1 heterocycles. The summed E-state index contributed by atoms with van der Waals surface area (Å²) in [5.41, 5.74) is 0. The van der Waals surface area contributed by atoms with E-state index in [4.69, 9.17) is 0 Å². The summed E-state index contributed by atoms with van der Waals surface area (Å²) >= 11 is 0. The van der Waals surface area contributed by atoms with Crippen molar-refractivity contribution >= 4 is 5.91 Å². The van der Waals surface area contributed by atoms with Crippen molar-refractivity contribution in [2.45, 2.75) is 12.5 Å². The van der Waals surface area contributed by atoms with Crippen LogP contribution in [0.3, 0.4) is 0 Å². The maximum Gasteiger partial charge on any atom is 0.222 e. The van der Waals surface area contributed by atoms with Gasteiger partial charge < -0.3 is 10.6 Å². The molecular formula is C5H10N2O. The molecule has 3 nitrogen and oxygen atoms in total. The fourth-order valence-corrected chi connectivity index (χ4v) is 0.800. The predicted molar refractivity (Wildman–Crippen MR) is 30.5 cm³/mol. The van der Waals surface area contributed by atoms with Crippen LogP contribution in [0.4, 0.5) is 0 Å². The summed E-state index contributed by atoms with van der Waals surface area (Å²) in [7, 11) is 1.88. The molecule has 3 heteroatoms. The molecule has 0 aromatic rings. The molecule has 0 saturated carbocycles. The minimum absolute atomic E-state index is 0.172. The van der Waals surface area contributed by atoms with E-state index in [0.717, 1.165) is 6.54 Å². The Labute approximate surface area is 48.5 Å². The van der Waals surface area contributed by atoms with E-state index in [0.29, 0.717) is 12.5 Å². The van der Waals surface area contributed by atoms with E-state index in [1.165, 1.54) is 0 Å². The molecule has 1 rings (SSSR count). The van der Waals surface area contributed by atoms with E-state index in [1.807, 2.05) is 7.05 Å². The zero-order valence-electron chi connectivity index (χ0n) is 4.90. The maximum atomic E-state index is 10.2. The van der Waals surface area contributed by atoms with Gasteiger partial charge in [-0.25, -0.2) is 0 Å². The van der Waals surface area contributed by atoms with Crippen LogP contribution in [0.15, 0.2) is 0 Å². The second-order valence-corrected chi connectivity index (χ2v) is 2.03. The van der Waals surface area contributed by atoms with Gasteiger partial charge in [-0.15, -0.1) is 0 Å². The summed E-state index contributed by atoms with van der Waals surface area (Å²) in [6.07, 6.45) is 0.695. The van der Waals surface area contributed by atoms with E-state index in [-0.39, 0.29) is 5.91 Å². The van der Waals surface area contributed by atoms with E-state index in [1.54, 1.807) is 0 Å². The molecule has 0 bridgehead atoms. The number of rotatable bonds is 2. The monoisotopic (exact) mass is 114 g/mol. The molecule has 8 heavy (non-hydrogen) atoms. The maximum absolute atomic E-state index is 10.2. The lowest BCUT2D eigenvalue weighted by atomic mass is 10.1. The van der Waals surface area contributed by atoms with Crippen LogP contribution in [0.25, 0.3) is 0 Å². The van der Waals surface area contributed by atoms with Gasteiger partial charge in [0.05, 0.1) is 0 Å². The van der Waals surface area contributed by atoms with Crippen molar-refractivity contribution in [1.82, 2.24) is 10.6 Å². The molecule has 46 valence electrons. The molecule has 1 atom stereocenters. The number of amides is 1. The largest absolute Gasteiger partial charge is 0.352 e. The molecule has 0 aromatic carbocycles. The Morgan fingerprint density at radius 3 is 3.00 bits per heavy atom. The van der Waals surface area contributed by atoms with Gasteiger partial charge in [-0.2, -0.15) is 0 Å². The summed E-state index contributed by atoms with van der Waals surface area (Å²) in [6, 6.07) is 0.396. The van der Waals surface area contributed by atoms with Gasteiger partial charge in [-0.05, 0) is 7.05 Å². The van der Waals surface area contributed by atoms with E-state index < -0.39 is 0 Å². The quantitative estimate of drug-likeness (QED) is 0.456. The number of likely N-dealkylation sites (N-methyl/N-ethyl adjacent to an activating group) is 1. The average Bonchev–Trinajstić information content (AvgIpc) is 1.64. The molecule has 0 aliphatic carbocycles. The van der Waals surface area contributed by atoms with Crippen LogP contribution in [-0.4, -0.2) is 25.5 Å². The lowest BCUT2D eigenvalue weighted by Gasteiger charge is -2.26. The van der Waals surface area contributed by atoms with Crippen molar-refractivity contribution < 1.29 is 4.79 Å². The minimum Gasteiger partial charge on any atom is -0.352 e. The molecule has 1 saturated heterocycles. The summed E-state index contributed by atoms with van der Waals surface area (Å²) in [6.45, 7) is 0.895. The Hall–Kier alpha value is -0.570. The van der Waals surface area contributed by atoms with Gasteiger partial charge in [0, 0.05) is 19.0 Å². The Bertz CT molecular complexity index is 94.6. The molecule has 1 unspecified atom stereocenters. The number of β-lactam (4-membered cyclic amide) rings is 1. The van der Waals surface area contributed by atoms with E-state index in [9.17, 15) is 4.79 Å². The van der Waals surface area contributed by atoms with Crippen LogP contribution in [0.1, 0.15) is 6.42 Å². The highest BCUT2D eigenvalue weighted by Gasteiger charge is 2.23. The van der Waals surface area contributed by atoms with Crippen LogP contribution in [-0.2, 0) is 4.79 Å². The molecule has 0 aromatic heterocycles. The lowest BCUT2D eigenvalue weighted by Crippen LogP contribution is -2.52. The summed E-state index contributed by atoms with van der Waals surface area (Å²) in [5, 5.41) is 5.72. The lowest BCUT2D eigenvalue weighted by molar-refractivity contribution is -0.127. The van der Waals surface area contributed by atoms with Crippen LogP contribution < -0.4 is 10.6 Å². The topological polar surface area (TPSA) is 41.1 Å². The van der Waals surface area contributed by atoms with Crippen molar-refractivity contribution in [2.24, 2.45) is 0 Å². The highest BCUT2D eigenvalue weighted by molar-refractivity contribution is 5.82. The average molecular weight is 114 g/mol. The highest BCUT2D eigenvalue weighted by Crippen LogP contribution is 2.00. The van der Waals surface area contributed by atoms with E-state index >= 15 is 0 Å². The van der Waals surface area contributed by atoms with Gasteiger partial charge in [0.15, 0.2) is 0 Å². The van der Waals surface area contributed by atoms with Gasteiger partial charge in [0.25, 0.3) is 0 Å². The zero-order valence-corrected chi connectivity index (χ0v) is 4.90. The van der Waals surface area contributed by atoms with Crippen LogP contribution in [0.5, 0.6) is 0 Å².